The van der Waals surface area contributed by atoms with Gasteiger partial charge in [-0.25, -0.2) is 9.98 Å². The molecule has 1 aliphatic heterocycles. The van der Waals surface area contributed by atoms with Gasteiger partial charge in [-0.1, -0.05) is 12.1 Å². The minimum absolute atomic E-state index is 0.188. The van der Waals surface area contributed by atoms with Gasteiger partial charge in [0.15, 0.2) is 5.96 Å². The Morgan fingerprint density at radius 2 is 2.15 bits per heavy atom. The van der Waals surface area contributed by atoms with Crippen LogP contribution in [-0.2, 0) is 6.54 Å². The van der Waals surface area contributed by atoms with Crippen LogP contribution in [0.25, 0.3) is 0 Å². The van der Waals surface area contributed by atoms with Gasteiger partial charge in [-0.05, 0) is 51.3 Å². The van der Waals surface area contributed by atoms with E-state index in [1.54, 1.807) is 11.3 Å². The Labute approximate surface area is 160 Å². The molecular formula is C20H29N5S. The summed E-state index contributed by atoms with van der Waals surface area (Å²) >= 11 is 1.70. The van der Waals surface area contributed by atoms with Crippen molar-refractivity contribution in [3.8, 4) is 0 Å². The molecule has 2 heterocycles. The molecular weight excluding hydrogens is 342 g/mol. The highest BCUT2D eigenvalue weighted by molar-refractivity contribution is 7.11. The summed E-state index contributed by atoms with van der Waals surface area (Å²) in [6, 6.07) is 9.05. The zero-order valence-electron chi connectivity index (χ0n) is 16.0. The molecule has 1 aromatic carbocycles. The van der Waals surface area contributed by atoms with Crippen LogP contribution in [0.15, 0.2) is 35.5 Å². The van der Waals surface area contributed by atoms with Gasteiger partial charge in [-0.15, -0.1) is 11.3 Å². The molecule has 0 bridgehead atoms. The van der Waals surface area contributed by atoms with Crippen LogP contribution in [0.2, 0.25) is 0 Å². The molecule has 5 nitrogen and oxygen atoms in total. The lowest BCUT2D eigenvalue weighted by Gasteiger charge is -2.22. The summed E-state index contributed by atoms with van der Waals surface area (Å²) < 4.78 is 0. The number of nitrogens with zero attached hydrogens (tertiary/aromatic N) is 3. The van der Waals surface area contributed by atoms with Crippen molar-refractivity contribution in [1.29, 1.82) is 0 Å². The molecule has 0 amide bonds. The zero-order valence-corrected chi connectivity index (χ0v) is 16.8. The van der Waals surface area contributed by atoms with Gasteiger partial charge in [0, 0.05) is 36.4 Å². The first-order valence-electron chi connectivity index (χ1n) is 9.46. The predicted octanol–water partition coefficient (Wildman–Crippen LogP) is 3.87. The smallest absolute Gasteiger partial charge is 0.192 e. The van der Waals surface area contributed by atoms with Gasteiger partial charge in [-0.3, -0.25) is 0 Å². The maximum absolute atomic E-state index is 4.69. The first-order chi connectivity index (χ1) is 12.7. The van der Waals surface area contributed by atoms with Crippen molar-refractivity contribution in [2.24, 2.45) is 4.99 Å². The summed E-state index contributed by atoms with van der Waals surface area (Å²) in [5.74, 6) is 0.833. The van der Waals surface area contributed by atoms with Crippen LogP contribution in [-0.4, -0.2) is 30.6 Å². The Kier molecular flexibility index (Phi) is 6.50. The molecule has 1 unspecified atom stereocenters. The van der Waals surface area contributed by atoms with E-state index in [0.717, 1.165) is 17.5 Å². The van der Waals surface area contributed by atoms with Crippen molar-refractivity contribution in [2.45, 2.75) is 46.2 Å². The van der Waals surface area contributed by atoms with Gasteiger partial charge < -0.3 is 15.5 Å². The highest BCUT2D eigenvalue weighted by atomic mass is 32.1. The first kappa shape index (κ1) is 18.7. The molecule has 26 heavy (non-hydrogen) atoms. The predicted molar refractivity (Wildman–Crippen MR) is 111 cm³/mol. The molecule has 6 heteroatoms. The number of aliphatic imine (C=N–C) groups is 1. The fourth-order valence-electron chi connectivity index (χ4n) is 3.20. The third kappa shape index (κ3) is 4.97. The second kappa shape index (κ2) is 9.03. The van der Waals surface area contributed by atoms with E-state index in [1.807, 2.05) is 6.20 Å². The Hall–Kier alpha value is -2.08. The number of thiazole rings is 1. The Bertz CT molecular complexity index is 733. The van der Waals surface area contributed by atoms with E-state index in [1.165, 1.54) is 42.1 Å². The van der Waals surface area contributed by atoms with Crippen molar-refractivity contribution < 1.29 is 0 Å². The maximum atomic E-state index is 4.69. The number of hydrogen-bond acceptors (Lipinski definition) is 4. The van der Waals surface area contributed by atoms with Crippen molar-refractivity contribution in [2.75, 3.05) is 24.5 Å². The Morgan fingerprint density at radius 3 is 2.85 bits per heavy atom. The van der Waals surface area contributed by atoms with Gasteiger partial charge in [0.05, 0.1) is 12.6 Å². The monoisotopic (exact) mass is 371 g/mol. The van der Waals surface area contributed by atoms with E-state index in [2.05, 4.69) is 65.6 Å². The molecule has 140 valence electrons. The second-order valence-electron chi connectivity index (χ2n) is 6.71. The third-order valence-electron chi connectivity index (χ3n) is 4.58. The molecule has 0 saturated carbocycles. The Morgan fingerprint density at radius 1 is 1.35 bits per heavy atom. The van der Waals surface area contributed by atoms with Crippen molar-refractivity contribution >= 4 is 23.0 Å². The number of aryl methyl sites for hydroxylation is 1. The number of nitrogens with one attached hydrogen (secondary N) is 2. The van der Waals surface area contributed by atoms with Crippen LogP contribution in [0.5, 0.6) is 0 Å². The number of anilines is 1. The number of aromatic nitrogens is 1. The molecule has 1 fully saturated rings. The number of guanidine groups is 1. The summed E-state index contributed by atoms with van der Waals surface area (Å²) in [4.78, 5) is 12.8. The maximum Gasteiger partial charge on any atom is 0.192 e. The molecule has 3 rings (SSSR count). The van der Waals surface area contributed by atoms with Crippen LogP contribution < -0.4 is 15.5 Å². The van der Waals surface area contributed by atoms with Crippen molar-refractivity contribution in [1.82, 2.24) is 15.6 Å². The van der Waals surface area contributed by atoms with E-state index >= 15 is 0 Å². The summed E-state index contributed by atoms with van der Waals surface area (Å²) in [6.07, 6.45) is 4.50. The van der Waals surface area contributed by atoms with E-state index in [-0.39, 0.29) is 6.04 Å². The third-order valence-corrected chi connectivity index (χ3v) is 5.48. The topological polar surface area (TPSA) is 52.6 Å². The van der Waals surface area contributed by atoms with Gasteiger partial charge in [0.25, 0.3) is 0 Å². The lowest BCUT2D eigenvalue weighted by Crippen LogP contribution is -2.38. The molecule has 1 aliphatic rings. The lowest BCUT2D eigenvalue weighted by molar-refractivity contribution is 0.686. The quantitative estimate of drug-likeness (QED) is 0.598. The van der Waals surface area contributed by atoms with E-state index in [4.69, 9.17) is 4.99 Å². The zero-order chi connectivity index (χ0) is 18.4. The highest BCUT2D eigenvalue weighted by Crippen LogP contribution is 2.24. The average Bonchev–Trinajstić information content (AvgIpc) is 3.32. The minimum Gasteiger partial charge on any atom is -0.372 e. The van der Waals surface area contributed by atoms with Crippen LogP contribution in [0, 0.1) is 6.92 Å². The summed E-state index contributed by atoms with van der Waals surface area (Å²) in [7, 11) is 0. The lowest BCUT2D eigenvalue weighted by atomic mass is 10.1. The van der Waals surface area contributed by atoms with Gasteiger partial charge in [0.1, 0.15) is 5.01 Å². The highest BCUT2D eigenvalue weighted by Gasteiger charge is 2.14. The molecule has 0 aliphatic carbocycles. The average molecular weight is 372 g/mol. The number of hydrogen-bond donors (Lipinski definition) is 2. The minimum atomic E-state index is 0.188. The number of rotatable bonds is 6. The normalized spacial score (nSPS) is 16.0. The number of benzene rings is 1. The summed E-state index contributed by atoms with van der Waals surface area (Å²) in [6.45, 7) is 10.1. The molecule has 1 saturated heterocycles. The SMILES string of the molecule is CCNC(=NCc1ncc(C)s1)NC(C)c1cccc(N2CCCC2)c1. The molecule has 1 aromatic heterocycles. The van der Waals surface area contributed by atoms with Gasteiger partial charge in [-0.2, -0.15) is 0 Å². The summed E-state index contributed by atoms with van der Waals surface area (Å²) in [5.41, 5.74) is 2.61. The largest absolute Gasteiger partial charge is 0.372 e. The van der Waals surface area contributed by atoms with Gasteiger partial charge >= 0.3 is 0 Å². The molecule has 0 radical (unpaired) electrons. The van der Waals surface area contributed by atoms with Crippen LogP contribution in [0.1, 0.15) is 48.2 Å². The first-order valence-corrected chi connectivity index (χ1v) is 10.3. The van der Waals surface area contributed by atoms with Crippen LogP contribution in [0.4, 0.5) is 5.69 Å². The van der Waals surface area contributed by atoms with Crippen molar-refractivity contribution in [3.63, 3.8) is 0 Å². The van der Waals surface area contributed by atoms with Gasteiger partial charge in [0.2, 0.25) is 0 Å². The molecule has 2 N–H and O–H groups in total. The fourth-order valence-corrected chi connectivity index (χ4v) is 3.91. The van der Waals surface area contributed by atoms with Crippen LogP contribution >= 0.6 is 11.3 Å². The van der Waals surface area contributed by atoms with E-state index in [0.29, 0.717) is 6.54 Å². The summed E-state index contributed by atoms with van der Waals surface area (Å²) in [5, 5.41) is 7.91. The molecule has 0 spiro atoms. The second-order valence-corrected chi connectivity index (χ2v) is 8.03. The standard InChI is InChI=1S/C20H29N5S/c1-4-21-20(23-14-19-22-13-15(2)26-19)24-16(3)17-8-7-9-18(12-17)25-10-5-6-11-25/h7-9,12-13,16H,4-6,10-11,14H2,1-3H3,(H2,21,23,24). The van der Waals surface area contributed by atoms with E-state index in [9.17, 15) is 0 Å². The van der Waals surface area contributed by atoms with E-state index < -0.39 is 0 Å². The van der Waals surface area contributed by atoms with Crippen molar-refractivity contribution in [3.05, 3.63) is 45.9 Å². The van der Waals surface area contributed by atoms with Crippen LogP contribution in [0.3, 0.4) is 0 Å². The fraction of sp³-hybridized carbons (Fsp3) is 0.500. The molecule has 2 aromatic rings. The molecule has 1 atom stereocenters. The Balaban J connectivity index is 1.67.